The van der Waals surface area contributed by atoms with Gasteiger partial charge in [-0.25, -0.2) is 4.79 Å². The highest BCUT2D eigenvalue weighted by molar-refractivity contribution is 6.11. The minimum Gasteiger partial charge on any atom is -0.493 e. The molecule has 8 nitrogen and oxygen atoms in total. The van der Waals surface area contributed by atoms with Crippen LogP contribution in [-0.4, -0.2) is 43.4 Å². The SMILES string of the molecule is COc1ccc(C(=O)CN2C(=O)N[C@](C)(c3ccc(C#N)cc3)C2=O)cc1OC. The maximum absolute atomic E-state index is 13.0. The summed E-state index contributed by atoms with van der Waals surface area (Å²) in [6, 6.07) is 12.3. The number of hydrogen-bond acceptors (Lipinski definition) is 6. The number of ether oxygens (including phenoxy) is 2. The summed E-state index contributed by atoms with van der Waals surface area (Å²) in [4.78, 5) is 39.0. The number of carbonyl (C=O) groups is 3. The highest BCUT2D eigenvalue weighted by atomic mass is 16.5. The van der Waals surface area contributed by atoms with E-state index in [4.69, 9.17) is 14.7 Å². The number of ketones is 1. The molecular formula is C21H19N3O5. The third kappa shape index (κ3) is 3.50. The lowest BCUT2D eigenvalue weighted by atomic mass is 9.91. The maximum atomic E-state index is 13.0. The zero-order valence-corrected chi connectivity index (χ0v) is 16.2. The van der Waals surface area contributed by atoms with Crippen molar-refractivity contribution in [2.75, 3.05) is 20.8 Å². The van der Waals surface area contributed by atoms with Crippen molar-refractivity contribution in [1.29, 1.82) is 5.26 Å². The molecule has 1 heterocycles. The molecule has 148 valence electrons. The van der Waals surface area contributed by atoms with Crippen molar-refractivity contribution in [2.24, 2.45) is 0 Å². The molecule has 0 spiro atoms. The van der Waals surface area contributed by atoms with Crippen LogP contribution < -0.4 is 14.8 Å². The number of rotatable bonds is 6. The first-order chi connectivity index (χ1) is 13.8. The van der Waals surface area contributed by atoms with E-state index >= 15 is 0 Å². The Labute approximate surface area is 167 Å². The second-order valence-corrected chi connectivity index (χ2v) is 6.63. The molecule has 1 N–H and O–H groups in total. The fraction of sp³-hybridized carbons (Fsp3) is 0.238. The maximum Gasteiger partial charge on any atom is 0.325 e. The summed E-state index contributed by atoms with van der Waals surface area (Å²) in [6.45, 7) is 1.15. The first-order valence-electron chi connectivity index (χ1n) is 8.74. The van der Waals surface area contributed by atoms with Gasteiger partial charge in [0.15, 0.2) is 17.3 Å². The average molecular weight is 393 g/mol. The van der Waals surface area contributed by atoms with E-state index in [-0.39, 0.29) is 5.56 Å². The van der Waals surface area contributed by atoms with Gasteiger partial charge in [-0.05, 0) is 42.8 Å². The number of Topliss-reactive ketones (excluding diaryl/α,β-unsaturated/α-hetero) is 1. The molecule has 1 aliphatic heterocycles. The number of benzene rings is 2. The van der Waals surface area contributed by atoms with Gasteiger partial charge in [0.1, 0.15) is 5.54 Å². The zero-order chi connectivity index (χ0) is 21.2. The number of amides is 3. The van der Waals surface area contributed by atoms with Gasteiger partial charge in [-0.1, -0.05) is 12.1 Å². The summed E-state index contributed by atoms with van der Waals surface area (Å²) < 4.78 is 10.3. The summed E-state index contributed by atoms with van der Waals surface area (Å²) in [5.74, 6) is -0.120. The molecule has 2 aromatic carbocycles. The van der Waals surface area contributed by atoms with Crippen molar-refractivity contribution in [1.82, 2.24) is 10.2 Å². The van der Waals surface area contributed by atoms with Crippen molar-refractivity contribution < 1.29 is 23.9 Å². The summed E-state index contributed by atoms with van der Waals surface area (Å²) in [5.41, 5.74) is -0.0658. The van der Waals surface area contributed by atoms with E-state index in [1.54, 1.807) is 43.3 Å². The van der Waals surface area contributed by atoms with E-state index in [0.29, 0.717) is 22.6 Å². The molecule has 0 bridgehead atoms. The highest BCUT2D eigenvalue weighted by Gasteiger charge is 2.49. The first kappa shape index (κ1) is 19.9. The molecule has 1 saturated heterocycles. The summed E-state index contributed by atoms with van der Waals surface area (Å²) in [5, 5.41) is 11.6. The summed E-state index contributed by atoms with van der Waals surface area (Å²) >= 11 is 0. The molecule has 8 heteroatoms. The van der Waals surface area contributed by atoms with Gasteiger partial charge in [0.05, 0.1) is 32.4 Å². The Morgan fingerprint density at radius 1 is 1.10 bits per heavy atom. The summed E-state index contributed by atoms with van der Waals surface area (Å²) in [6.07, 6.45) is 0. The standard InChI is InChI=1S/C21H19N3O5/c1-21(15-7-4-13(11-22)5-8-15)19(26)24(20(27)23-21)12-16(25)14-6-9-17(28-2)18(10-14)29-3/h4-10H,12H2,1-3H3,(H,23,27)/t21-/m1/s1. The Morgan fingerprint density at radius 2 is 1.76 bits per heavy atom. The number of nitrogens with one attached hydrogen (secondary N) is 1. The minimum atomic E-state index is -1.32. The van der Waals surface area contributed by atoms with Crippen molar-refractivity contribution in [3.8, 4) is 17.6 Å². The first-order valence-corrected chi connectivity index (χ1v) is 8.74. The highest BCUT2D eigenvalue weighted by Crippen LogP contribution is 2.30. The van der Waals surface area contributed by atoms with Gasteiger partial charge in [-0.2, -0.15) is 5.26 Å². The van der Waals surface area contributed by atoms with Crippen LogP contribution in [0.3, 0.4) is 0 Å². The zero-order valence-electron chi connectivity index (χ0n) is 16.2. The van der Waals surface area contributed by atoms with E-state index in [9.17, 15) is 14.4 Å². The van der Waals surface area contributed by atoms with Crippen molar-refractivity contribution in [2.45, 2.75) is 12.5 Å². The lowest BCUT2D eigenvalue weighted by Gasteiger charge is -2.22. The molecule has 0 aromatic heterocycles. The number of carbonyl (C=O) groups excluding carboxylic acids is 3. The number of methoxy groups -OCH3 is 2. The van der Waals surface area contributed by atoms with Crippen LogP contribution in [0.4, 0.5) is 4.79 Å². The van der Waals surface area contributed by atoms with Crippen LogP contribution >= 0.6 is 0 Å². The molecule has 3 amide bonds. The third-order valence-corrected chi connectivity index (χ3v) is 4.87. The molecule has 0 radical (unpaired) electrons. The fourth-order valence-corrected chi connectivity index (χ4v) is 3.16. The Morgan fingerprint density at radius 3 is 2.34 bits per heavy atom. The molecule has 0 saturated carbocycles. The van der Waals surface area contributed by atoms with Gasteiger partial charge in [-0.15, -0.1) is 0 Å². The van der Waals surface area contributed by atoms with Crippen LogP contribution in [0.1, 0.15) is 28.4 Å². The van der Waals surface area contributed by atoms with Gasteiger partial charge in [0, 0.05) is 5.56 Å². The van der Waals surface area contributed by atoms with Gasteiger partial charge >= 0.3 is 6.03 Å². The van der Waals surface area contributed by atoms with Crippen LogP contribution in [-0.2, 0) is 10.3 Å². The van der Waals surface area contributed by atoms with Crippen molar-refractivity contribution in [3.05, 3.63) is 59.2 Å². The molecule has 1 atom stereocenters. The van der Waals surface area contributed by atoms with Crippen LogP contribution in [0.5, 0.6) is 11.5 Å². The lowest BCUT2D eigenvalue weighted by Crippen LogP contribution is -2.41. The molecular weight excluding hydrogens is 374 g/mol. The van der Waals surface area contributed by atoms with Crippen LogP contribution in [0.15, 0.2) is 42.5 Å². The number of imide groups is 1. The number of urea groups is 1. The second-order valence-electron chi connectivity index (χ2n) is 6.63. The molecule has 1 aliphatic rings. The molecule has 3 rings (SSSR count). The smallest absolute Gasteiger partial charge is 0.325 e. The van der Waals surface area contributed by atoms with Crippen molar-refractivity contribution in [3.63, 3.8) is 0 Å². The van der Waals surface area contributed by atoms with E-state index in [1.165, 1.54) is 20.3 Å². The Hall–Kier alpha value is -3.86. The van der Waals surface area contributed by atoms with E-state index < -0.39 is 29.8 Å². The fourth-order valence-electron chi connectivity index (χ4n) is 3.16. The largest absolute Gasteiger partial charge is 0.493 e. The van der Waals surface area contributed by atoms with Gasteiger partial charge in [0.25, 0.3) is 5.91 Å². The average Bonchev–Trinajstić information content (AvgIpc) is 2.97. The van der Waals surface area contributed by atoms with Gasteiger partial charge in [0.2, 0.25) is 0 Å². The Bertz CT molecular complexity index is 1030. The quantitative estimate of drug-likeness (QED) is 0.595. The van der Waals surface area contributed by atoms with Gasteiger partial charge < -0.3 is 14.8 Å². The molecule has 1 fully saturated rings. The molecule has 29 heavy (non-hydrogen) atoms. The third-order valence-electron chi connectivity index (χ3n) is 4.87. The predicted octanol–water partition coefficient (Wildman–Crippen LogP) is 2.23. The lowest BCUT2D eigenvalue weighted by molar-refractivity contribution is -0.130. The molecule has 2 aromatic rings. The van der Waals surface area contributed by atoms with Gasteiger partial charge in [-0.3, -0.25) is 14.5 Å². The molecule has 0 aliphatic carbocycles. The van der Waals surface area contributed by atoms with Crippen LogP contribution in [0.25, 0.3) is 0 Å². The second kappa shape index (κ2) is 7.64. The number of nitrogens with zero attached hydrogens (tertiary/aromatic N) is 2. The van der Waals surface area contributed by atoms with Crippen molar-refractivity contribution >= 4 is 17.7 Å². The van der Waals surface area contributed by atoms with E-state index in [0.717, 1.165) is 4.90 Å². The van der Waals surface area contributed by atoms with E-state index in [2.05, 4.69) is 5.32 Å². The number of hydrogen-bond donors (Lipinski definition) is 1. The Kier molecular flexibility index (Phi) is 5.24. The monoisotopic (exact) mass is 393 g/mol. The normalized spacial score (nSPS) is 18.2. The Balaban J connectivity index is 1.83. The summed E-state index contributed by atoms with van der Waals surface area (Å²) in [7, 11) is 2.93. The van der Waals surface area contributed by atoms with Crippen LogP contribution in [0.2, 0.25) is 0 Å². The molecule has 0 unspecified atom stereocenters. The predicted molar refractivity (Wildman–Crippen MR) is 103 cm³/mol. The number of nitriles is 1. The topological polar surface area (TPSA) is 109 Å². The van der Waals surface area contributed by atoms with E-state index in [1.807, 2.05) is 6.07 Å². The van der Waals surface area contributed by atoms with Crippen LogP contribution in [0, 0.1) is 11.3 Å². The minimum absolute atomic E-state index is 0.287.